The Morgan fingerprint density at radius 1 is 0.118 bits per heavy atom. The molecule has 0 N–H and O–H groups in total. The van der Waals surface area contributed by atoms with Crippen molar-refractivity contribution in [3.8, 4) is 55.6 Å². The molecule has 0 bridgehead atoms. The van der Waals surface area contributed by atoms with E-state index < -0.39 is 0 Å². The van der Waals surface area contributed by atoms with E-state index in [1.54, 1.807) is 0 Å². The van der Waals surface area contributed by atoms with E-state index in [9.17, 15) is 0 Å². The smallest absolute Gasteiger partial charge is 0.00262 e. The molecule has 20 aromatic rings. The fraction of sp³-hybridized carbons (Fsp3) is 0.00840. The lowest BCUT2D eigenvalue weighted by Gasteiger charge is -2.21. The van der Waals surface area contributed by atoms with Gasteiger partial charge in [-0.1, -0.05) is 485 Å². The summed E-state index contributed by atoms with van der Waals surface area (Å²) in [6, 6.07) is 179. The van der Waals surface area contributed by atoms with Crippen molar-refractivity contribution in [1.82, 2.24) is 0 Å². The highest BCUT2D eigenvalue weighted by Gasteiger charge is 2.25. The summed E-state index contributed by atoms with van der Waals surface area (Å²) in [5.74, 6) is 0. The van der Waals surface area contributed by atoms with Crippen molar-refractivity contribution in [3.63, 3.8) is 0 Å². The van der Waals surface area contributed by atoms with Gasteiger partial charge in [0.1, 0.15) is 0 Å². The average Bonchev–Trinajstić information content (AvgIpc) is 0.685. The normalized spacial score (nSPS) is 11.1. The van der Waals surface area contributed by atoms with Gasteiger partial charge in [-0.25, -0.2) is 0 Å². The third kappa shape index (κ3) is 15.1. The average molecular weight is 1510 g/mol. The predicted molar refractivity (Wildman–Crippen MR) is 508 cm³/mol. The first-order chi connectivity index (χ1) is 59.0. The zero-order valence-electron chi connectivity index (χ0n) is 66.3. The van der Waals surface area contributed by atoms with Crippen molar-refractivity contribution in [2.24, 2.45) is 0 Å². The van der Waals surface area contributed by atoms with Gasteiger partial charge in [0.2, 0.25) is 0 Å². The number of rotatable bonds is 17. The van der Waals surface area contributed by atoms with Crippen LogP contribution in [0, 0.1) is 6.92 Å². The molecule has 560 valence electrons. The maximum absolute atomic E-state index is 2.41. The lowest BCUT2D eigenvalue weighted by atomic mass is 9.82. The number of aryl methyl sites for hydroxylation is 1. The van der Waals surface area contributed by atoms with E-state index in [-0.39, 0.29) is 0 Å². The van der Waals surface area contributed by atoms with Gasteiger partial charge in [-0.15, -0.1) is 0 Å². The second-order valence-corrected chi connectivity index (χ2v) is 30.4. The minimum absolute atomic E-state index is 1.17. The number of fused-ring (bicyclic) bond motifs is 4. The Hall–Kier alpha value is -15.3. The van der Waals surface area contributed by atoms with E-state index in [0.717, 1.165) is 0 Å². The van der Waals surface area contributed by atoms with Crippen LogP contribution in [0.4, 0.5) is 0 Å². The zero-order chi connectivity index (χ0) is 79.6. The van der Waals surface area contributed by atoms with Crippen LogP contribution in [-0.2, 0) is 0 Å². The molecular formula is C119H84. The molecule has 0 fully saturated rings. The largest absolute Gasteiger partial charge is 0.0622 e. The second kappa shape index (κ2) is 34.0. The predicted octanol–water partition coefficient (Wildman–Crippen LogP) is 31.7. The van der Waals surface area contributed by atoms with Crippen molar-refractivity contribution in [2.45, 2.75) is 6.92 Å². The van der Waals surface area contributed by atoms with Crippen LogP contribution in [0.3, 0.4) is 0 Å². The maximum Gasteiger partial charge on any atom is -0.00262 e. The van der Waals surface area contributed by atoms with Gasteiger partial charge in [0.15, 0.2) is 0 Å². The van der Waals surface area contributed by atoms with Crippen LogP contribution in [-0.4, -0.2) is 0 Å². The highest BCUT2D eigenvalue weighted by atomic mass is 14.3. The molecule has 20 rings (SSSR count). The van der Waals surface area contributed by atoms with Gasteiger partial charge in [0.25, 0.3) is 0 Å². The lowest BCUT2D eigenvalue weighted by molar-refractivity contribution is 1.47. The summed E-state index contributed by atoms with van der Waals surface area (Å²) < 4.78 is 0. The third-order valence-corrected chi connectivity index (χ3v) is 23.1. The van der Waals surface area contributed by atoms with Gasteiger partial charge in [-0.3, -0.25) is 0 Å². The first-order valence-corrected chi connectivity index (χ1v) is 41.1. The molecule has 0 aliphatic rings. The molecule has 0 unspecified atom stereocenters. The molecule has 0 saturated carbocycles. The highest BCUT2D eigenvalue weighted by Crippen LogP contribution is 2.49. The molecule has 0 saturated heterocycles. The first-order valence-electron chi connectivity index (χ1n) is 41.1. The van der Waals surface area contributed by atoms with Gasteiger partial charge in [-0.05, 0) is 218 Å². The van der Waals surface area contributed by atoms with E-state index >= 15 is 0 Å². The van der Waals surface area contributed by atoms with Crippen molar-refractivity contribution < 1.29 is 0 Å². The molecule has 0 aromatic heterocycles. The van der Waals surface area contributed by atoms with E-state index in [1.807, 2.05) is 0 Å². The summed E-state index contributed by atoms with van der Waals surface area (Å²) in [5.41, 5.74) is 35.0. The molecule has 0 aliphatic heterocycles. The molecular weight excluding hydrogens is 1430 g/mol. The maximum atomic E-state index is 2.41. The van der Waals surface area contributed by atoms with E-state index in [0.29, 0.717) is 0 Å². The van der Waals surface area contributed by atoms with Gasteiger partial charge >= 0.3 is 0 Å². The van der Waals surface area contributed by atoms with E-state index in [4.69, 9.17) is 0 Å². The Bertz CT molecular complexity index is 6600. The molecule has 0 radical (unpaired) electrons. The van der Waals surface area contributed by atoms with E-state index in [1.165, 1.54) is 204 Å². The quantitative estimate of drug-likeness (QED) is 0.0630. The summed E-state index contributed by atoms with van der Waals surface area (Å²) >= 11 is 0. The van der Waals surface area contributed by atoms with Crippen LogP contribution in [0.5, 0.6) is 0 Å². The highest BCUT2D eigenvalue weighted by molar-refractivity contribution is 6.23. The Morgan fingerprint density at radius 3 is 0.504 bits per heavy atom. The Balaban J connectivity index is 0.000000162. The summed E-state index contributed by atoms with van der Waals surface area (Å²) in [6.07, 6.45) is 0. The Labute approximate surface area is 698 Å². The Kier molecular flexibility index (Phi) is 21.1. The SMILES string of the molecule is Cc1ccc(-c2c3ccccc3c(-c3ccc(-c4ccc(C(=C(c5ccccc5)c5ccccc5)c5ccccc5)cc4)cc3)c3ccccc23)cc1.c1ccc(C(=C(c2ccccc2)c2cccc(-c3c4ccccc4c(-c4cccc(C(=C(c5ccccc5)c5ccccc5)c5ccccc5)c4)c4ccccc34)c2)c2ccccc2)cc1. The molecule has 0 spiro atoms. The van der Waals surface area contributed by atoms with Crippen molar-refractivity contribution in [1.29, 1.82) is 0 Å². The minimum Gasteiger partial charge on any atom is -0.0622 e. The fourth-order valence-electron chi connectivity index (χ4n) is 17.7. The number of hydrogen-bond donors (Lipinski definition) is 0. The molecule has 0 atom stereocenters. The van der Waals surface area contributed by atoms with Crippen LogP contribution in [0.2, 0.25) is 0 Å². The van der Waals surface area contributed by atoms with Crippen LogP contribution >= 0.6 is 0 Å². The summed E-state index contributed by atoms with van der Waals surface area (Å²) in [4.78, 5) is 0. The van der Waals surface area contributed by atoms with Crippen molar-refractivity contribution in [3.05, 3.63) is 564 Å². The lowest BCUT2D eigenvalue weighted by Crippen LogP contribution is -1.98. The minimum atomic E-state index is 1.17. The van der Waals surface area contributed by atoms with Gasteiger partial charge in [-0.2, -0.15) is 0 Å². The number of hydrogen-bond acceptors (Lipinski definition) is 0. The first kappa shape index (κ1) is 73.8. The molecule has 0 aliphatic carbocycles. The molecule has 0 nitrogen and oxygen atoms in total. The fourth-order valence-corrected chi connectivity index (χ4v) is 17.7. The van der Waals surface area contributed by atoms with Gasteiger partial charge in [0, 0.05) is 0 Å². The van der Waals surface area contributed by atoms with Crippen LogP contribution in [0.15, 0.2) is 491 Å². The molecule has 119 heavy (non-hydrogen) atoms. The van der Waals surface area contributed by atoms with Crippen LogP contribution in [0.1, 0.15) is 72.3 Å². The van der Waals surface area contributed by atoms with E-state index in [2.05, 4.69) is 498 Å². The summed E-state index contributed by atoms with van der Waals surface area (Å²) in [7, 11) is 0. The second-order valence-electron chi connectivity index (χ2n) is 30.4. The number of benzene rings is 20. The molecule has 0 heteroatoms. The molecule has 0 amide bonds. The van der Waals surface area contributed by atoms with Crippen LogP contribution in [0.25, 0.3) is 132 Å². The summed E-state index contributed by atoms with van der Waals surface area (Å²) in [6.45, 7) is 2.15. The summed E-state index contributed by atoms with van der Waals surface area (Å²) in [5, 5.41) is 9.97. The molecule has 0 heterocycles. The third-order valence-electron chi connectivity index (χ3n) is 23.1. The van der Waals surface area contributed by atoms with Crippen molar-refractivity contribution in [2.75, 3.05) is 0 Å². The van der Waals surface area contributed by atoms with Gasteiger partial charge in [0.05, 0.1) is 0 Å². The zero-order valence-corrected chi connectivity index (χ0v) is 66.3. The van der Waals surface area contributed by atoms with Crippen LogP contribution < -0.4 is 0 Å². The van der Waals surface area contributed by atoms with Crippen molar-refractivity contribution >= 4 is 76.5 Å². The Morgan fingerprint density at radius 2 is 0.277 bits per heavy atom. The monoisotopic (exact) mass is 1510 g/mol. The van der Waals surface area contributed by atoms with Gasteiger partial charge < -0.3 is 0 Å². The standard InChI is InChI=1S/C66H46.C53H38/c1-7-25-47(26-8-1)61(48-27-9-2-10-28-48)63(51-33-15-5-16-34-51)53-37-23-39-55(45-53)65-57-41-19-21-43-59(57)66(60-44-22-20-42-58(60)65)56-40-24-38-54(46-56)64(52-35-17-6-18-36-52)62(49-29-11-3-12-30-49)50-31-13-4-14-32-50;1-37-25-27-44(28-26-37)52-46-21-11-13-23-48(46)53(49-24-14-12-22-47(49)52)45-35-31-39(32-36-45)38-29-33-43(34-30-38)51(42-19-9-4-10-20-42)50(40-15-5-2-6-16-40)41-17-7-3-8-18-41/h1-46H;2-36H,1H3. The topological polar surface area (TPSA) is 0 Å². The molecule has 20 aromatic carbocycles.